The van der Waals surface area contributed by atoms with Crippen molar-refractivity contribution in [2.45, 2.75) is 13.3 Å². The number of fused-ring (bicyclic) bond motifs is 11. The van der Waals surface area contributed by atoms with E-state index in [0.29, 0.717) is 5.84 Å². The zero-order valence-electron chi connectivity index (χ0n) is 33.8. The van der Waals surface area contributed by atoms with Crippen LogP contribution in [0.25, 0.3) is 96.8 Å². The van der Waals surface area contributed by atoms with Crippen LogP contribution in [0.3, 0.4) is 0 Å². The van der Waals surface area contributed by atoms with Crippen LogP contribution in [-0.4, -0.2) is 16.1 Å². The molecule has 292 valence electrons. The summed E-state index contributed by atoms with van der Waals surface area (Å²) in [5.41, 5.74) is 9.85. The van der Waals surface area contributed by atoms with Gasteiger partial charge in [-0.1, -0.05) is 134 Å². The first kappa shape index (κ1) is 35.2. The first-order valence-electron chi connectivity index (χ1n) is 21.3. The first-order chi connectivity index (χ1) is 30.6. The maximum Gasteiger partial charge on any atom is 0.160 e. The quantitative estimate of drug-likeness (QED) is 0.175. The van der Waals surface area contributed by atoms with Crippen LogP contribution in [0.2, 0.25) is 0 Å². The molecule has 1 atom stereocenters. The minimum atomic E-state index is 0.0798. The van der Waals surface area contributed by atoms with Crippen LogP contribution >= 0.6 is 11.3 Å². The van der Waals surface area contributed by atoms with Gasteiger partial charge < -0.3 is 8.98 Å². The van der Waals surface area contributed by atoms with Crippen LogP contribution in [0.4, 0.5) is 0 Å². The number of aromatic nitrogens is 1. The summed E-state index contributed by atoms with van der Waals surface area (Å²) in [7, 11) is 0. The molecule has 4 nitrogen and oxygen atoms in total. The lowest BCUT2D eigenvalue weighted by Gasteiger charge is -2.20. The lowest BCUT2D eigenvalue weighted by molar-refractivity contribution is 0.667. The minimum absolute atomic E-state index is 0.0798. The summed E-state index contributed by atoms with van der Waals surface area (Å²) in [6, 6.07) is 65.5. The summed E-state index contributed by atoms with van der Waals surface area (Å²) in [4.78, 5) is 11.4. The summed E-state index contributed by atoms with van der Waals surface area (Å²) >= 11 is 1.84. The van der Waals surface area contributed by atoms with E-state index >= 15 is 0 Å². The van der Waals surface area contributed by atoms with Crippen LogP contribution in [-0.2, 0) is 0 Å². The summed E-state index contributed by atoms with van der Waals surface area (Å²) in [5.74, 6) is 0.752. The number of amidine groups is 1. The van der Waals surface area contributed by atoms with Crippen molar-refractivity contribution < 1.29 is 4.42 Å². The number of nitrogens with zero attached hydrogens (tertiary/aromatic N) is 3. The molecule has 0 saturated heterocycles. The average molecular weight is 812 g/mol. The molecule has 0 saturated carbocycles. The number of hydrogen-bond acceptors (Lipinski definition) is 4. The van der Waals surface area contributed by atoms with Gasteiger partial charge in [0.05, 0.1) is 33.7 Å². The first-order valence-corrected chi connectivity index (χ1v) is 22.1. The van der Waals surface area contributed by atoms with Gasteiger partial charge in [0.1, 0.15) is 11.2 Å². The highest BCUT2D eigenvalue weighted by molar-refractivity contribution is 7.25. The van der Waals surface area contributed by atoms with E-state index in [9.17, 15) is 0 Å². The van der Waals surface area contributed by atoms with E-state index in [4.69, 9.17) is 14.4 Å². The zero-order chi connectivity index (χ0) is 40.9. The SMILES string of the molecule is CC1C/C=C(c2c(-n3c4ccccc4c4cc5ccccc5cc43)ccc3c2oc2ccccc23)/N=C(c2ccc3ccccc3c2)\N=C/1c1ccc2sc3ccccc3c2c1. The Hall–Kier alpha value is -7.60. The van der Waals surface area contributed by atoms with Gasteiger partial charge >= 0.3 is 0 Å². The molecular weight excluding hydrogens is 775 g/mol. The highest BCUT2D eigenvalue weighted by Crippen LogP contribution is 2.43. The van der Waals surface area contributed by atoms with Gasteiger partial charge in [-0.05, 0) is 94.2 Å². The number of furan rings is 1. The lowest BCUT2D eigenvalue weighted by Crippen LogP contribution is -2.17. The van der Waals surface area contributed by atoms with Crippen molar-refractivity contribution in [2.24, 2.45) is 15.9 Å². The van der Waals surface area contributed by atoms with Gasteiger partial charge in [0, 0.05) is 53.2 Å². The Morgan fingerprint density at radius 2 is 1.21 bits per heavy atom. The molecule has 0 bridgehead atoms. The zero-order valence-corrected chi connectivity index (χ0v) is 34.7. The molecule has 0 radical (unpaired) electrons. The summed E-state index contributed by atoms with van der Waals surface area (Å²) in [6.45, 7) is 2.30. The smallest absolute Gasteiger partial charge is 0.160 e. The van der Waals surface area contributed by atoms with Crippen LogP contribution in [0.5, 0.6) is 0 Å². The van der Waals surface area contributed by atoms with Crippen molar-refractivity contribution in [1.82, 2.24) is 4.57 Å². The largest absolute Gasteiger partial charge is 0.455 e. The Morgan fingerprint density at radius 1 is 0.516 bits per heavy atom. The van der Waals surface area contributed by atoms with Crippen molar-refractivity contribution >= 4 is 114 Å². The summed E-state index contributed by atoms with van der Waals surface area (Å²) in [6.07, 6.45) is 3.06. The highest BCUT2D eigenvalue weighted by Gasteiger charge is 2.26. The van der Waals surface area contributed by atoms with Gasteiger partial charge in [-0.25, -0.2) is 9.98 Å². The predicted molar refractivity (Wildman–Crippen MR) is 264 cm³/mol. The standard InChI is InChI=1S/C57H37N3OS/c1-34-22-27-47(58-57(40-24-23-35-12-2-3-13-36(35)30-40)59-55(34)39-25-29-53-46(32-39)43-18-8-11-21-52(43)62-53)54-49(28-26-44-42-17-7-10-20-51(42)61-56(44)54)60-48-19-9-6-16-41(48)45-31-37-14-4-5-15-38(37)33-50(45)60/h2-21,23-34H,22H2,1H3/b47-27+,58-57-,59-55+. The molecule has 1 unspecified atom stereocenters. The number of para-hydroxylation sites is 2. The molecule has 62 heavy (non-hydrogen) atoms. The molecule has 0 spiro atoms. The third kappa shape index (κ3) is 5.45. The van der Waals surface area contributed by atoms with Crippen LogP contribution in [0.1, 0.15) is 30.0 Å². The van der Waals surface area contributed by atoms with E-state index in [2.05, 4.69) is 193 Å². The fraction of sp³-hybridized carbons (Fsp3) is 0.0526. The van der Waals surface area contributed by atoms with Gasteiger partial charge in [0.2, 0.25) is 0 Å². The molecule has 13 rings (SSSR count). The number of aliphatic imine (C=N–C) groups is 2. The molecular formula is C57H37N3OS. The summed E-state index contributed by atoms with van der Waals surface area (Å²) < 4.78 is 12.0. The maximum absolute atomic E-state index is 6.97. The average Bonchev–Trinajstić information content (AvgIpc) is 3.98. The molecule has 1 aliphatic heterocycles. The molecule has 3 aromatic heterocycles. The van der Waals surface area contributed by atoms with Gasteiger partial charge in [-0.3, -0.25) is 0 Å². The van der Waals surface area contributed by atoms with Crippen molar-refractivity contribution in [2.75, 3.05) is 0 Å². The van der Waals surface area contributed by atoms with E-state index in [0.717, 1.165) is 78.6 Å². The molecule has 5 heteroatoms. The number of benzene rings is 9. The lowest BCUT2D eigenvalue weighted by atomic mass is 9.92. The number of allylic oxidation sites excluding steroid dienone is 1. The van der Waals surface area contributed by atoms with E-state index < -0.39 is 0 Å². The Labute approximate surface area is 361 Å². The number of hydrogen-bond donors (Lipinski definition) is 0. The van der Waals surface area contributed by atoms with Crippen molar-refractivity contribution in [3.8, 4) is 5.69 Å². The minimum Gasteiger partial charge on any atom is -0.455 e. The van der Waals surface area contributed by atoms with E-state index in [1.807, 2.05) is 17.4 Å². The molecule has 1 aliphatic rings. The van der Waals surface area contributed by atoms with Gasteiger partial charge in [0.15, 0.2) is 5.84 Å². The second kappa shape index (κ2) is 13.7. The third-order valence-electron chi connectivity index (χ3n) is 12.8. The number of rotatable bonds is 4. The second-order valence-corrected chi connectivity index (χ2v) is 17.6. The van der Waals surface area contributed by atoms with E-state index in [1.54, 1.807) is 0 Å². The third-order valence-corrected chi connectivity index (χ3v) is 14.0. The fourth-order valence-corrected chi connectivity index (χ4v) is 10.9. The van der Waals surface area contributed by atoms with Crippen molar-refractivity contribution in [3.05, 3.63) is 205 Å². The Balaban J connectivity index is 1.10. The highest BCUT2D eigenvalue weighted by atomic mass is 32.1. The van der Waals surface area contributed by atoms with Crippen molar-refractivity contribution in [3.63, 3.8) is 0 Å². The maximum atomic E-state index is 6.97. The second-order valence-electron chi connectivity index (χ2n) is 16.5. The fourth-order valence-electron chi connectivity index (χ4n) is 9.79. The van der Waals surface area contributed by atoms with Gasteiger partial charge in [-0.15, -0.1) is 11.3 Å². The molecule has 12 aromatic rings. The number of thiophene rings is 1. The van der Waals surface area contributed by atoms with Crippen LogP contribution < -0.4 is 0 Å². The molecule has 0 fully saturated rings. The van der Waals surface area contributed by atoms with Gasteiger partial charge in [-0.2, -0.15) is 0 Å². The molecule has 0 N–H and O–H groups in total. The van der Waals surface area contributed by atoms with E-state index in [-0.39, 0.29) is 5.92 Å². The molecule has 0 aliphatic carbocycles. The monoisotopic (exact) mass is 811 g/mol. The summed E-state index contributed by atoms with van der Waals surface area (Å²) in [5, 5.41) is 11.8. The normalized spacial score (nSPS) is 17.4. The van der Waals surface area contributed by atoms with Gasteiger partial charge in [0.25, 0.3) is 0 Å². The Bertz CT molecular complexity index is 3930. The molecule has 0 amide bonds. The molecule has 4 heterocycles. The van der Waals surface area contributed by atoms with Crippen LogP contribution in [0, 0.1) is 5.92 Å². The topological polar surface area (TPSA) is 42.8 Å². The van der Waals surface area contributed by atoms with Crippen molar-refractivity contribution in [1.29, 1.82) is 0 Å². The predicted octanol–water partition coefficient (Wildman–Crippen LogP) is 15.7. The van der Waals surface area contributed by atoms with E-state index in [1.165, 1.54) is 47.1 Å². The van der Waals surface area contributed by atoms with Crippen LogP contribution in [0.15, 0.2) is 202 Å². The Kier molecular flexibility index (Phi) is 7.78. The molecule has 9 aromatic carbocycles. The Morgan fingerprint density at radius 3 is 2.08 bits per heavy atom.